The van der Waals surface area contributed by atoms with Crippen LogP contribution in [-0.4, -0.2) is 31.0 Å². The molecule has 0 bridgehead atoms. The summed E-state index contributed by atoms with van der Waals surface area (Å²) in [6, 6.07) is 5.43. The molecule has 4 rings (SSSR count). The summed E-state index contributed by atoms with van der Waals surface area (Å²) in [7, 11) is 3.25. The summed E-state index contributed by atoms with van der Waals surface area (Å²) < 4.78 is 32.3. The molecule has 25 heavy (non-hydrogen) atoms. The van der Waals surface area contributed by atoms with Crippen molar-refractivity contribution in [3.63, 3.8) is 0 Å². The lowest BCUT2D eigenvalue weighted by atomic mass is 9.55. The van der Waals surface area contributed by atoms with E-state index in [1.807, 2.05) is 6.07 Å². The molecule has 0 unspecified atom stereocenters. The second-order valence-corrected chi connectivity index (χ2v) is 7.90. The minimum atomic E-state index is -3.15. The first kappa shape index (κ1) is 18.3. The zero-order valence-electron chi connectivity index (χ0n) is 15.0. The molecular formula is C20H26F2O3. The fraction of sp³-hybridized carbons (Fsp3) is 0.650. The number of methoxy groups -OCH3 is 1. The van der Waals surface area contributed by atoms with Crippen LogP contribution in [0.5, 0.6) is 5.75 Å². The van der Waals surface area contributed by atoms with Crippen LogP contribution in [0.15, 0.2) is 18.2 Å². The number of hydrogen-bond acceptors (Lipinski definition) is 3. The summed E-state index contributed by atoms with van der Waals surface area (Å²) in [6.45, 7) is 1.75. The number of Topliss-reactive ketones (excluding diaryl/α,β-unsaturated/α-hetero) is 1. The van der Waals surface area contributed by atoms with Gasteiger partial charge in [0.2, 0.25) is 5.78 Å². The minimum Gasteiger partial charge on any atom is -0.508 e. The average Bonchev–Trinajstić information content (AvgIpc) is 2.75. The number of fused-ring (bicyclic) bond motifs is 5. The maximum absolute atomic E-state index is 14.0. The Hall–Kier alpha value is -1.49. The highest BCUT2D eigenvalue weighted by Gasteiger charge is 2.65. The number of hydrogen-bond donors (Lipinski definition) is 1. The molecule has 0 aromatic heterocycles. The van der Waals surface area contributed by atoms with Crippen LogP contribution < -0.4 is 0 Å². The molecule has 138 valence electrons. The largest absolute Gasteiger partial charge is 0.508 e. The van der Waals surface area contributed by atoms with Crippen molar-refractivity contribution >= 4 is 5.78 Å². The summed E-state index contributed by atoms with van der Waals surface area (Å²) in [5.74, 6) is -3.52. The number of phenolic OH excluding ortho intramolecular Hbond substituents is 1. The van der Waals surface area contributed by atoms with Crippen LogP contribution in [0.4, 0.5) is 8.78 Å². The van der Waals surface area contributed by atoms with E-state index in [0.29, 0.717) is 6.42 Å². The quantitative estimate of drug-likeness (QED) is 0.756. The maximum atomic E-state index is 14.0. The van der Waals surface area contributed by atoms with Gasteiger partial charge in [-0.05, 0) is 66.7 Å². The van der Waals surface area contributed by atoms with E-state index in [-0.39, 0.29) is 29.9 Å². The van der Waals surface area contributed by atoms with E-state index in [4.69, 9.17) is 0 Å². The van der Waals surface area contributed by atoms with Gasteiger partial charge >= 0.3 is 5.92 Å². The van der Waals surface area contributed by atoms with Crippen molar-refractivity contribution in [3.05, 3.63) is 29.3 Å². The van der Waals surface area contributed by atoms with Crippen LogP contribution in [0.25, 0.3) is 0 Å². The number of phenols is 1. The molecule has 0 saturated heterocycles. The van der Waals surface area contributed by atoms with Crippen LogP contribution in [0, 0.1) is 17.3 Å². The molecule has 0 radical (unpaired) electrons. The Bertz CT molecular complexity index is 673. The van der Waals surface area contributed by atoms with E-state index in [9.17, 15) is 18.7 Å². The molecule has 0 spiro atoms. The molecule has 2 saturated carbocycles. The molecule has 2 fully saturated rings. The van der Waals surface area contributed by atoms with E-state index in [0.717, 1.165) is 24.8 Å². The van der Waals surface area contributed by atoms with E-state index < -0.39 is 17.1 Å². The topological polar surface area (TPSA) is 46.5 Å². The van der Waals surface area contributed by atoms with Crippen molar-refractivity contribution in [1.29, 1.82) is 0 Å². The first-order chi connectivity index (χ1) is 11.7. The van der Waals surface area contributed by atoms with Crippen LogP contribution in [-0.2, 0) is 16.0 Å². The van der Waals surface area contributed by atoms with Gasteiger partial charge < -0.3 is 9.84 Å². The normalized spacial score (nSPS) is 35.1. The van der Waals surface area contributed by atoms with Gasteiger partial charge in [0.15, 0.2) is 0 Å². The van der Waals surface area contributed by atoms with Gasteiger partial charge in [0.05, 0.1) is 0 Å². The minimum absolute atomic E-state index is 0.160. The van der Waals surface area contributed by atoms with Gasteiger partial charge in [0.25, 0.3) is 0 Å². The number of carbonyl (C=O) groups excluding carboxylic acids is 1. The Morgan fingerprint density at radius 2 is 1.92 bits per heavy atom. The number of rotatable bonds is 0. The third-order valence-corrected chi connectivity index (χ3v) is 6.43. The fourth-order valence-electron chi connectivity index (χ4n) is 5.33. The highest BCUT2D eigenvalue weighted by Crippen LogP contribution is 2.62. The third-order valence-electron chi connectivity index (χ3n) is 6.43. The number of alkyl halides is 2. The highest BCUT2D eigenvalue weighted by atomic mass is 19.3. The van der Waals surface area contributed by atoms with Crippen molar-refractivity contribution in [3.8, 4) is 5.75 Å². The molecule has 1 N–H and O–H groups in total. The smallest absolute Gasteiger partial charge is 0.306 e. The standard InChI is InChI=1S/C18H20F2O2.C2H6O/c1-17-7-6-13-12-5-3-11(21)8-10(12)2-4-14(13)15(17)9-18(19,20)16(17)22;1-3-2/h3,5,8,13-15,21H,2,4,6-7,9H2,1H3;1-2H3/t13-,14-,15+,17+;/m1./s1. The Labute approximate surface area is 147 Å². The van der Waals surface area contributed by atoms with E-state index in [2.05, 4.69) is 4.74 Å². The Morgan fingerprint density at radius 1 is 1.24 bits per heavy atom. The lowest BCUT2D eigenvalue weighted by Crippen LogP contribution is -2.43. The zero-order chi connectivity index (χ0) is 18.4. The Balaban J connectivity index is 0.000000569. The first-order valence-corrected chi connectivity index (χ1v) is 8.89. The Kier molecular flexibility index (Phi) is 4.65. The third kappa shape index (κ3) is 2.86. The Morgan fingerprint density at radius 3 is 2.60 bits per heavy atom. The van der Waals surface area contributed by atoms with Crippen LogP contribution in [0.3, 0.4) is 0 Å². The molecule has 4 atom stereocenters. The van der Waals surface area contributed by atoms with Crippen molar-refractivity contribution in [2.75, 3.05) is 14.2 Å². The van der Waals surface area contributed by atoms with Gasteiger partial charge in [-0.3, -0.25) is 4.79 Å². The number of halogens is 2. The molecule has 0 amide bonds. The molecule has 0 heterocycles. The van der Waals surface area contributed by atoms with Crippen molar-refractivity contribution in [1.82, 2.24) is 0 Å². The SMILES string of the molecule is COC.C[C@]12CC[C@@H]3c4ccc(O)cc4CC[C@H]3[C@@H]1CC(F)(F)C2=O. The summed E-state index contributed by atoms with van der Waals surface area (Å²) in [5, 5.41) is 9.64. The molecule has 1 aromatic carbocycles. The zero-order valence-corrected chi connectivity index (χ0v) is 15.0. The highest BCUT2D eigenvalue weighted by molar-refractivity contribution is 5.93. The second kappa shape index (κ2) is 6.35. The van der Waals surface area contributed by atoms with Gasteiger partial charge in [-0.15, -0.1) is 0 Å². The van der Waals surface area contributed by atoms with Gasteiger partial charge in [-0.25, -0.2) is 0 Å². The van der Waals surface area contributed by atoms with Gasteiger partial charge in [0, 0.05) is 26.1 Å². The molecule has 1 aromatic rings. The number of ether oxygens (including phenoxy) is 1. The molecule has 3 aliphatic rings. The number of aromatic hydroxyl groups is 1. The molecule has 0 aliphatic heterocycles. The second-order valence-electron chi connectivity index (χ2n) is 7.90. The molecule has 3 nitrogen and oxygen atoms in total. The van der Waals surface area contributed by atoms with E-state index in [1.165, 1.54) is 5.56 Å². The summed E-state index contributed by atoms with van der Waals surface area (Å²) in [4.78, 5) is 12.2. The maximum Gasteiger partial charge on any atom is 0.306 e. The number of aryl methyl sites for hydroxylation is 1. The van der Waals surface area contributed by atoms with Crippen molar-refractivity contribution < 1.29 is 23.4 Å². The summed E-state index contributed by atoms with van der Waals surface area (Å²) in [6.07, 6.45) is 2.70. The average molecular weight is 352 g/mol. The first-order valence-electron chi connectivity index (χ1n) is 8.89. The van der Waals surface area contributed by atoms with Crippen LogP contribution in [0.1, 0.15) is 49.7 Å². The van der Waals surface area contributed by atoms with Crippen molar-refractivity contribution in [2.24, 2.45) is 17.3 Å². The number of ketones is 1. The molecule has 3 aliphatic carbocycles. The predicted octanol–water partition coefficient (Wildman–Crippen LogP) is 4.33. The van der Waals surface area contributed by atoms with Gasteiger partial charge in [0.1, 0.15) is 5.75 Å². The van der Waals surface area contributed by atoms with Crippen LogP contribution >= 0.6 is 0 Å². The lowest BCUT2D eigenvalue weighted by molar-refractivity contribution is -0.146. The van der Waals surface area contributed by atoms with Crippen LogP contribution in [0.2, 0.25) is 0 Å². The van der Waals surface area contributed by atoms with E-state index in [1.54, 1.807) is 33.3 Å². The molecule has 5 heteroatoms. The summed E-state index contributed by atoms with van der Waals surface area (Å²) >= 11 is 0. The lowest BCUT2D eigenvalue weighted by Gasteiger charge is -2.47. The number of carbonyl (C=O) groups is 1. The summed E-state index contributed by atoms with van der Waals surface area (Å²) in [5.41, 5.74) is 1.48. The predicted molar refractivity (Wildman–Crippen MR) is 91.0 cm³/mol. The van der Waals surface area contributed by atoms with E-state index >= 15 is 0 Å². The number of benzene rings is 1. The monoisotopic (exact) mass is 352 g/mol. The fourth-order valence-corrected chi connectivity index (χ4v) is 5.33. The molecular weight excluding hydrogens is 326 g/mol. The van der Waals surface area contributed by atoms with Crippen molar-refractivity contribution in [2.45, 2.75) is 50.9 Å². The van der Waals surface area contributed by atoms with Gasteiger partial charge in [-0.2, -0.15) is 8.78 Å². The van der Waals surface area contributed by atoms with Gasteiger partial charge in [-0.1, -0.05) is 13.0 Å².